The fourth-order valence-corrected chi connectivity index (χ4v) is 3.69. The van der Waals surface area contributed by atoms with E-state index >= 15 is 0 Å². The van der Waals surface area contributed by atoms with Gasteiger partial charge in [0.1, 0.15) is 0 Å². The Labute approximate surface area is 129 Å². The van der Waals surface area contributed by atoms with Crippen LogP contribution in [0.3, 0.4) is 0 Å². The van der Waals surface area contributed by atoms with E-state index in [-0.39, 0.29) is 24.0 Å². The molecule has 1 heterocycles. The lowest BCUT2D eigenvalue weighted by molar-refractivity contribution is -0.129. The summed E-state index contributed by atoms with van der Waals surface area (Å²) in [6, 6.07) is 7.61. The predicted molar refractivity (Wildman–Crippen MR) is 80.3 cm³/mol. The molecule has 1 aliphatic carbocycles. The second-order valence-electron chi connectivity index (χ2n) is 5.77. The summed E-state index contributed by atoms with van der Waals surface area (Å²) in [5, 5.41) is 3.78. The number of fused-ring (bicyclic) bond motifs is 1. The highest BCUT2D eigenvalue weighted by Crippen LogP contribution is 2.43. The number of ether oxygens (including phenoxy) is 2. The van der Waals surface area contributed by atoms with E-state index in [2.05, 4.69) is 5.32 Å². The molecule has 1 aromatic carbocycles. The van der Waals surface area contributed by atoms with E-state index in [9.17, 15) is 4.79 Å². The van der Waals surface area contributed by atoms with Crippen molar-refractivity contribution in [1.29, 1.82) is 0 Å². The summed E-state index contributed by atoms with van der Waals surface area (Å²) < 4.78 is 11.0. The molecule has 1 N–H and O–H groups in total. The quantitative estimate of drug-likeness (QED) is 0.905. The summed E-state index contributed by atoms with van der Waals surface area (Å²) in [6.07, 6.45) is 1.58. The van der Waals surface area contributed by atoms with E-state index in [0.717, 1.165) is 18.6 Å². The number of halogens is 1. The number of hydrogen-bond acceptors (Lipinski definition) is 3. The Morgan fingerprint density at radius 3 is 3.05 bits per heavy atom. The summed E-state index contributed by atoms with van der Waals surface area (Å²) in [5.74, 6) is 0.706. The van der Waals surface area contributed by atoms with Crippen molar-refractivity contribution in [1.82, 2.24) is 5.32 Å². The Kier molecular flexibility index (Phi) is 4.48. The first-order valence-corrected chi connectivity index (χ1v) is 7.72. The average molecular weight is 310 g/mol. The van der Waals surface area contributed by atoms with Gasteiger partial charge < -0.3 is 14.8 Å². The van der Waals surface area contributed by atoms with Gasteiger partial charge in [0.2, 0.25) is 5.91 Å². The Morgan fingerprint density at radius 1 is 1.48 bits per heavy atom. The largest absolute Gasteiger partial charge is 0.384 e. The first kappa shape index (κ1) is 14.8. The molecule has 4 atom stereocenters. The zero-order chi connectivity index (χ0) is 14.8. The van der Waals surface area contributed by atoms with Crippen molar-refractivity contribution in [3.8, 4) is 0 Å². The molecule has 114 valence electrons. The molecule has 2 aliphatic rings. The van der Waals surface area contributed by atoms with Gasteiger partial charge in [0.25, 0.3) is 0 Å². The Bertz CT molecular complexity index is 522. The molecule has 1 aromatic rings. The molecule has 0 bridgehead atoms. The molecular weight excluding hydrogens is 290 g/mol. The maximum Gasteiger partial charge on any atom is 0.224 e. The molecule has 0 radical (unpaired) electrons. The van der Waals surface area contributed by atoms with Crippen LogP contribution in [-0.4, -0.2) is 38.4 Å². The lowest BCUT2D eigenvalue weighted by Gasteiger charge is -2.47. The van der Waals surface area contributed by atoms with Crippen molar-refractivity contribution in [3.05, 3.63) is 34.9 Å². The average Bonchev–Trinajstić information content (AvgIpc) is 2.89. The van der Waals surface area contributed by atoms with E-state index in [0.29, 0.717) is 24.0 Å². The van der Waals surface area contributed by atoms with Crippen molar-refractivity contribution in [2.24, 2.45) is 11.8 Å². The summed E-state index contributed by atoms with van der Waals surface area (Å²) >= 11 is 6.10. The minimum absolute atomic E-state index is 0.0135. The SMILES string of the molecule is COC[C@H]1[C@@H](NC(=O)Cc2ccccc2Cl)[C@@H]2CCO[C@@H]21. The standard InChI is InChI=1S/C16H20ClNO3/c1-20-9-12-15(11-6-7-21-16(11)12)18-14(19)8-10-4-2-3-5-13(10)17/h2-5,11-12,15-16H,6-9H2,1H3,(H,18,19)/t11-,12-,15-,16-/m0/s1. The third-order valence-corrected chi connectivity index (χ3v) is 4.89. The van der Waals surface area contributed by atoms with Crippen LogP contribution >= 0.6 is 11.6 Å². The van der Waals surface area contributed by atoms with Crippen LogP contribution in [0.15, 0.2) is 24.3 Å². The van der Waals surface area contributed by atoms with Crippen molar-refractivity contribution >= 4 is 17.5 Å². The topological polar surface area (TPSA) is 47.6 Å². The van der Waals surface area contributed by atoms with Gasteiger partial charge in [0.15, 0.2) is 0 Å². The normalized spacial score (nSPS) is 30.6. The molecule has 1 amide bonds. The number of hydrogen-bond donors (Lipinski definition) is 1. The van der Waals surface area contributed by atoms with Crippen LogP contribution in [0.1, 0.15) is 12.0 Å². The second-order valence-corrected chi connectivity index (χ2v) is 6.18. The summed E-state index contributed by atoms with van der Waals surface area (Å²) in [6.45, 7) is 1.41. The highest BCUT2D eigenvalue weighted by Gasteiger charge is 2.54. The monoisotopic (exact) mass is 309 g/mol. The van der Waals surface area contributed by atoms with Gasteiger partial charge in [-0.1, -0.05) is 29.8 Å². The molecule has 1 saturated heterocycles. The summed E-state index contributed by atoms with van der Waals surface area (Å²) in [7, 11) is 1.69. The molecule has 1 saturated carbocycles. The van der Waals surface area contributed by atoms with Crippen LogP contribution < -0.4 is 5.32 Å². The van der Waals surface area contributed by atoms with Crippen LogP contribution in [0.4, 0.5) is 0 Å². The fourth-order valence-electron chi connectivity index (χ4n) is 3.49. The summed E-state index contributed by atoms with van der Waals surface area (Å²) in [5.41, 5.74) is 0.860. The zero-order valence-electron chi connectivity index (χ0n) is 12.0. The third kappa shape index (κ3) is 2.93. The zero-order valence-corrected chi connectivity index (χ0v) is 12.8. The minimum Gasteiger partial charge on any atom is -0.384 e. The van der Waals surface area contributed by atoms with Crippen LogP contribution in [0.5, 0.6) is 0 Å². The van der Waals surface area contributed by atoms with E-state index in [1.807, 2.05) is 24.3 Å². The maximum absolute atomic E-state index is 12.3. The smallest absolute Gasteiger partial charge is 0.224 e. The van der Waals surface area contributed by atoms with Gasteiger partial charge in [0.05, 0.1) is 19.1 Å². The van der Waals surface area contributed by atoms with Crippen LogP contribution in [0, 0.1) is 11.8 Å². The van der Waals surface area contributed by atoms with Crippen LogP contribution in [0.25, 0.3) is 0 Å². The summed E-state index contributed by atoms with van der Waals surface area (Å²) in [4.78, 5) is 12.3. The van der Waals surface area contributed by atoms with Crippen molar-refractivity contribution in [3.63, 3.8) is 0 Å². The van der Waals surface area contributed by atoms with Gasteiger partial charge >= 0.3 is 0 Å². The van der Waals surface area contributed by atoms with Crippen LogP contribution in [0.2, 0.25) is 5.02 Å². The van der Waals surface area contributed by atoms with Crippen LogP contribution in [-0.2, 0) is 20.7 Å². The number of nitrogens with one attached hydrogen (secondary N) is 1. The lowest BCUT2D eigenvalue weighted by Crippen LogP contribution is -2.62. The Morgan fingerprint density at radius 2 is 2.29 bits per heavy atom. The van der Waals surface area contributed by atoms with E-state index in [1.54, 1.807) is 7.11 Å². The molecular formula is C16H20ClNO3. The molecule has 21 heavy (non-hydrogen) atoms. The molecule has 3 rings (SSSR count). The molecule has 4 nitrogen and oxygen atoms in total. The number of amides is 1. The van der Waals surface area contributed by atoms with Crippen molar-refractivity contribution in [2.75, 3.05) is 20.3 Å². The molecule has 0 spiro atoms. The van der Waals surface area contributed by atoms with Gasteiger partial charge in [-0.25, -0.2) is 0 Å². The van der Waals surface area contributed by atoms with Gasteiger partial charge in [-0.3, -0.25) is 4.79 Å². The van der Waals surface area contributed by atoms with Gasteiger partial charge in [-0.15, -0.1) is 0 Å². The molecule has 0 unspecified atom stereocenters. The second kappa shape index (κ2) is 6.34. The Hall–Kier alpha value is -1.10. The highest BCUT2D eigenvalue weighted by molar-refractivity contribution is 6.31. The molecule has 5 heteroatoms. The third-order valence-electron chi connectivity index (χ3n) is 4.52. The number of methoxy groups -OCH3 is 1. The number of carbonyl (C=O) groups excluding carboxylic acids is 1. The first-order valence-electron chi connectivity index (χ1n) is 7.34. The Balaban J connectivity index is 1.60. The van der Waals surface area contributed by atoms with Gasteiger partial charge in [-0.05, 0) is 18.1 Å². The van der Waals surface area contributed by atoms with Gasteiger partial charge in [0, 0.05) is 36.6 Å². The highest BCUT2D eigenvalue weighted by atomic mass is 35.5. The van der Waals surface area contributed by atoms with Crippen molar-refractivity contribution in [2.45, 2.75) is 25.0 Å². The lowest BCUT2D eigenvalue weighted by atomic mass is 9.67. The molecule has 2 fully saturated rings. The predicted octanol–water partition coefficient (Wildman–Crippen LogP) is 2.05. The first-order chi connectivity index (χ1) is 10.2. The maximum atomic E-state index is 12.3. The molecule has 1 aliphatic heterocycles. The van der Waals surface area contributed by atoms with Crippen molar-refractivity contribution < 1.29 is 14.3 Å². The van der Waals surface area contributed by atoms with E-state index in [4.69, 9.17) is 21.1 Å². The molecule has 0 aromatic heterocycles. The number of rotatable bonds is 5. The minimum atomic E-state index is 0.0135. The fraction of sp³-hybridized carbons (Fsp3) is 0.562. The number of carbonyl (C=O) groups is 1. The van der Waals surface area contributed by atoms with Gasteiger partial charge in [-0.2, -0.15) is 0 Å². The van der Waals surface area contributed by atoms with E-state index < -0.39 is 0 Å². The van der Waals surface area contributed by atoms with E-state index in [1.165, 1.54) is 0 Å². The number of benzene rings is 1.